The van der Waals surface area contributed by atoms with Gasteiger partial charge in [-0.3, -0.25) is 4.79 Å². The van der Waals surface area contributed by atoms with Gasteiger partial charge in [0.25, 0.3) is 0 Å². The quantitative estimate of drug-likeness (QED) is 0.470. The van der Waals surface area contributed by atoms with E-state index in [4.69, 9.17) is 4.74 Å². The van der Waals surface area contributed by atoms with E-state index in [-0.39, 0.29) is 5.97 Å². The average molecular weight is 289 g/mol. The number of thioether (sulfide) groups is 1. The van der Waals surface area contributed by atoms with Crippen LogP contribution in [0.3, 0.4) is 0 Å². The molecule has 0 aliphatic heterocycles. The van der Waals surface area contributed by atoms with Crippen molar-refractivity contribution in [1.82, 2.24) is 14.7 Å². The van der Waals surface area contributed by atoms with Crippen molar-refractivity contribution >= 4 is 29.3 Å². The highest BCUT2D eigenvalue weighted by molar-refractivity contribution is 8.00. The number of nitrogens with zero attached hydrogens (tertiary/aromatic N) is 2. The third-order valence-electron chi connectivity index (χ3n) is 2.74. The smallest absolute Gasteiger partial charge is 0.325 e. The molecule has 0 bridgehead atoms. The van der Waals surface area contributed by atoms with Gasteiger partial charge < -0.3 is 10.1 Å². The molecule has 1 unspecified atom stereocenters. The lowest BCUT2D eigenvalue weighted by atomic mass is 9.97. The number of carbonyl (C=O) groups excluding carboxylic acids is 1. The lowest BCUT2D eigenvalue weighted by Gasteiger charge is -2.25. The number of esters is 1. The monoisotopic (exact) mass is 289 g/mol. The summed E-state index contributed by atoms with van der Waals surface area (Å²) < 4.78 is 9.90. The maximum atomic E-state index is 11.6. The summed E-state index contributed by atoms with van der Waals surface area (Å²) in [5.74, 6) is 1.52. The molecule has 0 radical (unpaired) electrons. The van der Waals surface area contributed by atoms with Crippen LogP contribution in [-0.4, -0.2) is 40.8 Å². The van der Waals surface area contributed by atoms with E-state index in [1.165, 1.54) is 18.6 Å². The van der Waals surface area contributed by atoms with E-state index in [2.05, 4.69) is 14.7 Å². The summed E-state index contributed by atoms with van der Waals surface area (Å²) in [6.07, 6.45) is 1.65. The van der Waals surface area contributed by atoms with Crippen LogP contribution in [0.25, 0.3) is 0 Å². The highest BCUT2D eigenvalue weighted by Gasteiger charge is 2.31. The molecule has 1 aromatic heterocycles. The van der Waals surface area contributed by atoms with Crippen LogP contribution in [0.2, 0.25) is 0 Å². The molecule has 7 heteroatoms. The molecule has 1 heterocycles. The van der Waals surface area contributed by atoms with Gasteiger partial charge in [0.1, 0.15) is 11.4 Å². The maximum Gasteiger partial charge on any atom is 0.325 e. The van der Waals surface area contributed by atoms with Crippen molar-refractivity contribution in [2.24, 2.45) is 0 Å². The van der Waals surface area contributed by atoms with Crippen LogP contribution in [-0.2, 0) is 9.53 Å². The van der Waals surface area contributed by atoms with E-state index in [1.54, 1.807) is 18.8 Å². The van der Waals surface area contributed by atoms with E-state index in [9.17, 15) is 4.79 Å². The highest BCUT2D eigenvalue weighted by atomic mass is 32.2. The second kappa shape index (κ2) is 7.06. The fourth-order valence-electron chi connectivity index (χ4n) is 1.48. The molecule has 0 fully saturated rings. The lowest BCUT2D eigenvalue weighted by molar-refractivity contribution is -0.148. The minimum Gasteiger partial charge on any atom is -0.468 e. The first-order valence-corrected chi connectivity index (χ1v) is 7.48. The summed E-state index contributed by atoms with van der Waals surface area (Å²) in [6, 6.07) is 0. The molecule has 0 saturated heterocycles. The number of aromatic nitrogens is 2. The third-order valence-corrected chi connectivity index (χ3v) is 4.75. The molecule has 18 heavy (non-hydrogen) atoms. The molecule has 5 nitrogen and oxygen atoms in total. The maximum absolute atomic E-state index is 11.6. The SMILES string of the molecule is CNC(C)(CCCSc1nc(C)ns1)C(=O)OC. The molecule has 102 valence electrons. The predicted octanol–water partition coefficient (Wildman–Crippen LogP) is 1.87. The van der Waals surface area contributed by atoms with Gasteiger partial charge in [0.15, 0.2) is 4.34 Å². The Kier molecular flexibility index (Phi) is 6.04. The number of carbonyl (C=O) groups is 1. The fraction of sp³-hybridized carbons (Fsp3) is 0.727. The number of ether oxygens (including phenoxy) is 1. The minimum absolute atomic E-state index is 0.221. The topological polar surface area (TPSA) is 64.1 Å². The molecule has 1 atom stereocenters. The van der Waals surface area contributed by atoms with Crippen molar-refractivity contribution in [1.29, 1.82) is 0 Å². The zero-order valence-electron chi connectivity index (χ0n) is 11.1. The van der Waals surface area contributed by atoms with Crippen LogP contribution in [0, 0.1) is 6.92 Å². The van der Waals surface area contributed by atoms with Crippen molar-refractivity contribution in [2.45, 2.75) is 36.6 Å². The van der Waals surface area contributed by atoms with Crippen LogP contribution in [0.15, 0.2) is 4.34 Å². The number of rotatable bonds is 7. The van der Waals surface area contributed by atoms with Gasteiger partial charge >= 0.3 is 5.97 Å². The second-order valence-electron chi connectivity index (χ2n) is 4.13. The van der Waals surface area contributed by atoms with Gasteiger partial charge in [-0.05, 0) is 45.3 Å². The number of nitrogens with one attached hydrogen (secondary N) is 1. The minimum atomic E-state index is -0.605. The summed E-state index contributed by atoms with van der Waals surface area (Å²) in [7, 11) is 3.19. The predicted molar refractivity (Wildman–Crippen MR) is 74.1 cm³/mol. The summed E-state index contributed by atoms with van der Waals surface area (Å²) in [6.45, 7) is 3.74. The van der Waals surface area contributed by atoms with Gasteiger partial charge in [-0.25, -0.2) is 4.98 Å². The van der Waals surface area contributed by atoms with Gasteiger partial charge in [0, 0.05) is 5.75 Å². The van der Waals surface area contributed by atoms with E-state index in [1.807, 2.05) is 13.8 Å². The first-order chi connectivity index (χ1) is 8.51. The number of likely N-dealkylation sites (N-methyl/N-ethyl adjacent to an activating group) is 1. The number of hydrogen-bond donors (Lipinski definition) is 1. The van der Waals surface area contributed by atoms with Crippen molar-refractivity contribution in [3.63, 3.8) is 0 Å². The Morgan fingerprint density at radius 2 is 2.33 bits per heavy atom. The Labute approximate surface area is 116 Å². The summed E-state index contributed by atoms with van der Waals surface area (Å²) in [5, 5.41) is 3.02. The van der Waals surface area contributed by atoms with E-state index < -0.39 is 5.54 Å². The number of aryl methyl sites for hydroxylation is 1. The highest BCUT2D eigenvalue weighted by Crippen LogP contribution is 2.23. The number of hydrogen-bond acceptors (Lipinski definition) is 7. The van der Waals surface area contributed by atoms with Crippen molar-refractivity contribution in [3.8, 4) is 0 Å². The Morgan fingerprint density at radius 1 is 1.61 bits per heavy atom. The molecular formula is C11H19N3O2S2. The zero-order valence-corrected chi connectivity index (χ0v) is 12.8. The summed E-state index contributed by atoms with van der Waals surface area (Å²) in [5.41, 5.74) is -0.605. The first-order valence-electron chi connectivity index (χ1n) is 5.72. The van der Waals surface area contributed by atoms with E-state index in [0.717, 1.165) is 28.8 Å². The van der Waals surface area contributed by atoms with Gasteiger partial charge in [-0.2, -0.15) is 4.37 Å². The zero-order chi connectivity index (χ0) is 13.6. The molecule has 1 rings (SSSR count). The van der Waals surface area contributed by atoms with Crippen LogP contribution < -0.4 is 5.32 Å². The molecule has 0 spiro atoms. The second-order valence-corrected chi connectivity index (χ2v) is 6.23. The average Bonchev–Trinajstić information content (AvgIpc) is 2.79. The lowest BCUT2D eigenvalue weighted by Crippen LogP contribution is -2.48. The van der Waals surface area contributed by atoms with Crippen molar-refractivity contribution < 1.29 is 9.53 Å². The molecule has 0 amide bonds. The summed E-state index contributed by atoms with van der Waals surface area (Å²) >= 11 is 3.10. The van der Waals surface area contributed by atoms with Gasteiger partial charge in [-0.1, -0.05) is 11.8 Å². The Morgan fingerprint density at radius 3 is 2.83 bits per heavy atom. The van der Waals surface area contributed by atoms with Gasteiger partial charge in [0.2, 0.25) is 0 Å². The van der Waals surface area contributed by atoms with E-state index in [0.29, 0.717) is 0 Å². The molecule has 0 aliphatic carbocycles. The Balaban J connectivity index is 2.34. The first kappa shape index (κ1) is 15.4. The Bertz CT molecular complexity index is 397. The normalized spacial score (nSPS) is 14.2. The van der Waals surface area contributed by atoms with Gasteiger partial charge in [-0.15, -0.1) is 0 Å². The number of methoxy groups -OCH3 is 1. The molecule has 0 aliphatic rings. The Hall–Kier alpha value is -0.660. The molecule has 1 N–H and O–H groups in total. The molecule has 1 aromatic rings. The molecule has 0 aromatic carbocycles. The standard InChI is InChI=1S/C11H19N3O2S2/c1-8-13-10(18-14-8)17-7-5-6-11(2,12-3)9(15)16-4/h12H,5-7H2,1-4H3. The van der Waals surface area contributed by atoms with Crippen LogP contribution in [0.5, 0.6) is 0 Å². The van der Waals surface area contributed by atoms with Gasteiger partial charge in [0.05, 0.1) is 7.11 Å². The largest absolute Gasteiger partial charge is 0.468 e. The van der Waals surface area contributed by atoms with Crippen LogP contribution in [0.1, 0.15) is 25.6 Å². The van der Waals surface area contributed by atoms with Crippen molar-refractivity contribution in [3.05, 3.63) is 5.82 Å². The summed E-state index contributed by atoms with van der Waals surface area (Å²) in [4.78, 5) is 15.9. The molecule has 0 saturated carbocycles. The molecular weight excluding hydrogens is 270 g/mol. The third kappa shape index (κ3) is 4.22. The van der Waals surface area contributed by atoms with Crippen LogP contribution in [0.4, 0.5) is 0 Å². The van der Waals surface area contributed by atoms with E-state index >= 15 is 0 Å². The van der Waals surface area contributed by atoms with Crippen molar-refractivity contribution in [2.75, 3.05) is 19.9 Å². The fourth-order valence-corrected chi connectivity index (χ4v) is 3.13. The van der Waals surface area contributed by atoms with Crippen LogP contribution >= 0.6 is 23.3 Å².